The minimum absolute atomic E-state index is 0.192. The number of anilines is 1. The van der Waals surface area contributed by atoms with Crippen LogP contribution >= 0.6 is 11.6 Å². The summed E-state index contributed by atoms with van der Waals surface area (Å²) in [6.45, 7) is 5.31. The van der Waals surface area contributed by atoms with Gasteiger partial charge in [0, 0.05) is 29.9 Å². The first-order chi connectivity index (χ1) is 13.2. The quantitative estimate of drug-likeness (QED) is 0.652. The van der Waals surface area contributed by atoms with Gasteiger partial charge in [0.15, 0.2) is 5.69 Å². The Balaban J connectivity index is 2.01. The summed E-state index contributed by atoms with van der Waals surface area (Å²) in [5.41, 5.74) is 2.73. The molecule has 3 rings (SSSR count). The molecule has 8 heteroatoms. The van der Waals surface area contributed by atoms with Crippen molar-refractivity contribution in [2.24, 2.45) is 7.05 Å². The van der Waals surface area contributed by atoms with Crippen LogP contribution in [-0.4, -0.2) is 26.2 Å². The first-order valence-electron chi connectivity index (χ1n) is 8.64. The summed E-state index contributed by atoms with van der Waals surface area (Å²) in [5, 5.41) is 13.0. The van der Waals surface area contributed by atoms with Crippen molar-refractivity contribution >= 4 is 34.5 Å². The third kappa shape index (κ3) is 3.92. The molecular formula is C20H20ClN5O2. The van der Waals surface area contributed by atoms with Gasteiger partial charge in [-0.3, -0.25) is 5.32 Å². The highest BCUT2D eigenvalue weighted by molar-refractivity contribution is 6.17. The molecule has 7 nitrogen and oxygen atoms in total. The fraction of sp³-hybridized carbons (Fsp3) is 0.300. The molecule has 3 aromatic rings. The summed E-state index contributed by atoms with van der Waals surface area (Å²) >= 11 is 6.01. The number of hydrogen-bond acceptors (Lipinski definition) is 5. The number of halogens is 1. The lowest BCUT2D eigenvalue weighted by Gasteiger charge is -2.19. The average Bonchev–Trinajstić information content (AvgIpc) is 2.96. The Bertz CT molecular complexity index is 1090. The van der Waals surface area contributed by atoms with Crippen LogP contribution in [-0.2, 0) is 17.7 Å². The van der Waals surface area contributed by atoms with E-state index in [1.165, 1.54) is 0 Å². The lowest BCUT2D eigenvalue weighted by Crippen LogP contribution is -2.27. The molecule has 0 spiro atoms. The molecule has 1 amide bonds. The number of fused-ring (bicyclic) bond motifs is 1. The number of nitrogens with zero attached hydrogens (tertiary/aromatic N) is 4. The largest absolute Gasteiger partial charge is 0.444 e. The van der Waals surface area contributed by atoms with Gasteiger partial charge >= 0.3 is 6.09 Å². The monoisotopic (exact) mass is 397 g/mol. The van der Waals surface area contributed by atoms with Crippen molar-refractivity contribution in [1.82, 2.24) is 14.5 Å². The number of amides is 1. The van der Waals surface area contributed by atoms with Gasteiger partial charge in [0.2, 0.25) is 0 Å². The van der Waals surface area contributed by atoms with E-state index in [1.807, 2.05) is 23.7 Å². The Morgan fingerprint density at radius 2 is 2.07 bits per heavy atom. The molecule has 0 aliphatic heterocycles. The number of aromatic nitrogens is 3. The molecule has 0 atom stereocenters. The fourth-order valence-corrected chi connectivity index (χ4v) is 3.13. The third-order valence-corrected chi connectivity index (χ3v) is 4.36. The summed E-state index contributed by atoms with van der Waals surface area (Å²) in [5.74, 6) is 0.600. The van der Waals surface area contributed by atoms with Crippen LogP contribution in [0.4, 0.5) is 10.6 Å². The number of ether oxygens (including phenoxy) is 1. The number of alkyl halides is 1. The van der Waals surface area contributed by atoms with Gasteiger partial charge in [-0.05, 0) is 50.6 Å². The van der Waals surface area contributed by atoms with Crippen LogP contribution in [0.25, 0.3) is 22.2 Å². The van der Waals surface area contributed by atoms with Gasteiger partial charge in [0.05, 0.1) is 5.88 Å². The number of carbonyl (C=O) groups excluding carboxylic acids is 1. The van der Waals surface area contributed by atoms with Crippen molar-refractivity contribution in [3.63, 3.8) is 0 Å². The van der Waals surface area contributed by atoms with Crippen molar-refractivity contribution in [1.29, 1.82) is 5.26 Å². The standard InChI is InChI=1S/C20H20ClN5O2/c1-20(2,3)28-19(27)25-17-6-5-14(16(11-22)24-17)13-7-8-23-18-15(13)9-12(10-21)26(18)4/h5-9H,10H2,1-4H3,(H,24,25,27). The van der Waals surface area contributed by atoms with E-state index in [2.05, 4.69) is 21.4 Å². The van der Waals surface area contributed by atoms with Gasteiger partial charge in [-0.25, -0.2) is 14.8 Å². The molecule has 28 heavy (non-hydrogen) atoms. The molecule has 3 aromatic heterocycles. The highest BCUT2D eigenvalue weighted by Gasteiger charge is 2.18. The molecule has 0 fully saturated rings. The highest BCUT2D eigenvalue weighted by Crippen LogP contribution is 2.32. The van der Waals surface area contributed by atoms with Crippen LogP contribution in [0, 0.1) is 11.3 Å². The second-order valence-corrected chi connectivity index (χ2v) is 7.52. The van der Waals surface area contributed by atoms with Crippen LogP contribution in [0.15, 0.2) is 30.5 Å². The van der Waals surface area contributed by atoms with Crippen molar-refractivity contribution in [2.45, 2.75) is 32.3 Å². The van der Waals surface area contributed by atoms with Crippen LogP contribution in [0.5, 0.6) is 0 Å². The van der Waals surface area contributed by atoms with Crippen LogP contribution in [0.1, 0.15) is 32.2 Å². The van der Waals surface area contributed by atoms with E-state index < -0.39 is 11.7 Å². The summed E-state index contributed by atoms with van der Waals surface area (Å²) in [7, 11) is 1.90. The molecular weight excluding hydrogens is 378 g/mol. The van der Waals surface area contributed by atoms with Gasteiger partial charge in [-0.2, -0.15) is 5.26 Å². The maximum atomic E-state index is 12.0. The van der Waals surface area contributed by atoms with E-state index in [0.29, 0.717) is 11.4 Å². The van der Waals surface area contributed by atoms with E-state index in [9.17, 15) is 10.1 Å². The molecule has 1 N–H and O–H groups in total. The summed E-state index contributed by atoms with van der Waals surface area (Å²) in [4.78, 5) is 20.6. The first-order valence-corrected chi connectivity index (χ1v) is 9.17. The number of pyridine rings is 2. The maximum Gasteiger partial charge on any atom is 0.413 e. The molecule has 0 radical (unpaired) electrons. The van der Waals surface area contributed by atoms with Crippen LogP contribution in [0.2, 0.25) is 0 Å². The predicted octanol–water partition coefficient (Wildman–Crippen LogP) is 4.59. The highest BCUT2D eigenvalue weighted by atomic mass is 35.5. The Hall–Kier alpha value is -3.11. The molecule has 0 aromatic carbocycles. The Kier molecular flexibility index (Phi) is 5.25. The zero-order valence-electron chi connectivity index (χ0n) is 16.1. The zero-order valence-corrected chi connectivity index (χ0v) is 16.8. The normalized spacial score (nSPS) is 11.3. The van der Waals surface area contributed by atoms with Crippen molar-refractivity contribution in [2.75, 3.05) is 5.32 Å². The number of rotatable bonds is 3. The molecule has 0 aliphatic rings. The minimum atomic E-state index is -0.627. The molecule has 0 aliphatic carbocycles. The number of carbonyl (C=O) groups is 1. The molecule has 0 bridgehead atoms. The summed E-state index contributed by atoms with van der Waals surface area (Å²) in [6.07, 6.45) is 1.06. The Morgan fingerprint density at radius 3 is 2.71 bits per heavy atom. The number of nitrogens with one attached hydrogen (secondary N) is 1. The topological polar surface area (TPSA) is 92.8 Å². The number of aryl methyl sites for hydroxylation is 1. The van der Waals surface area contributed by atoms with E-state index in [4.69, 9.17) is 16.3 Å². The number of nitriles is 1. The molecule has 0 unspecified atom stereocenters. The van der Waals surface area contributed by atoms with E-state index >= 15 is 0 Å². The first kappa shape index (κ1) is 19.6. The minimum Gasteiger partial charge on any atom is -0.444 e. The van der Waals surface area contributed by atoms with Crippen LogP contribution < -0.4 is 5.32 Å². The number of hydrogen-bond donors (Lipinski definition) is 1. The lowest BCUT2D eigenvalue weighted by atomic mass is 10.0. The molecule has 144 valence electrons. The second-order valence-electron chi connectivity index (χ2n) is 7.26. The average molecular weight is 398 g/mol. The van der Waals surface area contributed by atoms with Gasteiger partial charge in [0.25, 0.3) is 0 Å². The fourth-order valence-electron chi connectivity index (χ4n) is 2.87. The van der Waals surface area contributed by atoms with Crippen molar-refractivity contribution in [3.05, 3.63) is 41.9 Å². The van der Waals surface area contributed by atoms with Gasteiger partial charge in [-0.1, -0.05) is 0 Å². The summed E-state index contributed by atoms with van der Waals surface area (Å²) < 4.78 is 7.14. The summed E-state index contributed by atoms with van der Waals surface area (Å²) in [6, 6.07) is 9.28. The Morgan fingerprint density at radius 1 is 1.32 bits per heavy atom. The van der Waals surface area contributed by atoms with Crippen LogP contribution in [0.3, 0.4) is 0 Å². The predicted molar refractivity (Wildman–Crippen MR) is 108 cm³/mol. The van der Waals surface area contributed by atoms with Gasteiger partial charge in [-0.15, -0.1) is 11.6 Å². The maximum absolute atomic E-state index is 12.0. The van der Waals surface area contributed by atoms with Crippen molar-refractivity contribution in [3.8, 4) is 17.2 Å². The van der Waals surface area contributed by atoms with E-state index in [1.54, 1.807) is 39.1 Å². The lowest BCUT2D eigenvalue weighted by molar-refractivity contribution is 0.0635. The van der Waals surface area contributed by atoms with Gasteiger partial charge < -0.3 is 9.30 Å². The molecule has 3 heterocycles. The van der Waals surface area contributed by atoms with E-state index in [-0.39, 0.29) is 11.5 Å². The zero-order chi connectivity index (χ0) is 20.5. The SMILES string of the molecule is Cn1c(CCl)cc2c(-c3ccc(NC(=O)OC(C)(C)C)nc3C#N)ccnc21. The smallest absolute Gasteiger partial charge is 0.413 e. The van der Waals surface area contributed by atoms with Gasteiger partial charge in [0.1, 0.15) is 23.1 Å². The third-order valence-electron chi connectivity index (χ3n) is 4.09. The molecule has 0 saturated heterocycles. The molecule has 0 saturated carbocycles. The van der Waals surface area contributed by atoms with Crippen molar-refractivity contribution < 1.29 is 9.53 Å². The van der Waals surface area contributed by atoms with E-state index in [0.717, 1.165) is 22.3 Å². The Labute approximate surface area is 167 Å². The second kappa shape index (κ2) is 7.49.